The maximum Gasteiger partial charge on any atom is 0.251 e. The molecule has 1 atom stereocenters. The van der Waals surface area contributed by atoms with Crippen LogP contribution in [0.5, 0.6) is 5.75 Å². The average Bonchev–Trinajstić information content (AvgIpc) is 2.86. The van der Waals surface area contributed by atoms with Crippen molar-refractivity contribution in [3.63, 3.8) is 0 Å². The predicted molar refractivity (Wildman–Crippen MR) is 72.5 cm³/mol. The summed E-state index contributed by atoms with van der Waals surface area (Å²) in [4.78, 5) is 11.9. The minimum atomic E-state index is -0.714. The molecular weight excluding hydrogens is 273 g/mol. The number of rotatable bonds is 4. The first-order chi connectivity index (χ1) is 8.38. The van der Waals surface area contributed by atoms with E-state index in [4.69, 9.17) is 27.9 Å². The lowest BCUT2D eigenvalue weighted by Gasteiger charge is -2.13. The SMILES string of the molecule is COc1cccc(C(=O)NCC2(C)CC2(Cl)Cl)c1. The zero-order valence-electron chi connectivity index (χ0n) is 10.3. The summed E-state index contributed by atoms with van der Waals surface area (Å²) in [5.41, 5.74) is 0.332. The lowest BCUT2D eigenvalue weighted by Crippen LogP contribution is -2.31. The summed E-state index contributed by atoms with van der Waals surface area (Å²) in [5.74, 6) is 0.510. The Labute approximate surface area is 116 Å². The van der Waals surface area contributed by atoms with E-state index in [1.807, 2.05) is 6.92 Å². The zero-order chi connectivity index (χ0) is 13.4. The number of methoxy groups -OCH3 is 1. The van der Waals surface area contributed by atoms with Gasteiger partial charge in [0.05, 0.1) is 7.11 Å². The molecule has 1 unspecified atom stereocenters. The standard InChI is InChI=1S/C13H15Cl2NO2/c1-12(7-13(12,14)15)8-16-11(17)9-4-3-5-10(6-9)18-2/h3-6H,7-8H2,1-2H3,(H,16,17). The highest BCUT2D eigenvalue weighted by molar-refractivity contribution is 6.51. The Morgan fingerprint density at radius 1 is 1.50 bits per heavy atom. The van der Waals surface area contributed by atoms with Crippen molar-refractivity contribution in [2.45, 2.75) is 17.7 Å². The fraction of sp³-hybridized carbons (Fsp3) is 0.462. The van der Waals surface area contributed by atoms with Crippen LogP contribution in [0, 0.1) is 5.41 Å². The van der Waals surface area contributed by atoms with E-state index in [0.29, 0.717) is 24.3 Å². The van der Waals surface area contributed by atoms with Crippen LogP contribution >= 0.6 is 23.2 Å². The Kier molecular flexibility index (Phi) is 3.47. The van der Waals surface area contributed by atoms with Crippen LogP contribution in [-0.4, -0.2) is 23.9 Å². The van der Waals surface area contributed by atoms with Crippen LogP contribution in [0.2, 0.25) is 0 Å². The first kappa shape index (κ1) is 13.5. The van der Waals surface area contributed by atoms with Crippen molar-refractivity contribution in [1.82, 2.24) is 5.32 Å². The molecule has 1 aromatic rings. The number of amides is 1. The zero-order valence-corrected chi connectivity index (χ0v) is 11.8. The molecule has 1 saturated carbocycles. The van der Waals surface area contributed by atoms with E-state index in [1.165, 1.54) is 0 Å². The van der Waals surface area contributed by atoms with E-state index < -0.39 is 4.33 Å². The molecule has 3 nitrogen and oxygen atoms in total. The number of nitrogens with one attached hydrogen (secondary N) is 1. The molecule has 2 rings (SSSR count). The lowest BCUT2D eigenvalue weighted by atomic mass is 10.1. The van der Waals surface area contributed by atoms with Crippen LogP contribution in [0.25, 0.3) is 0 Å². The van der Waals surface area contributed by atoms with Gasteiger partial charge in [0, 0.05) is 17.5 Å². The second kappa shape index (κ2) is 4.63. The average molecular weight is 288 g/mol. The van der Waals surface area contributed by atoms with Gasteiger partial charge in [-0.15, -0.1) is 23.2 Å². The first-order valence-electron chi connectivity index (χ1n) is 5.68. The highest BCUT2D eigenvalue weighted by atomic mass is 35.5. The van der Waals surface area contributed by atoms with E-state index in [0.717, 1.165) is 0 Å². The molecule has 0 aromatic heterocycles. The van der Waals surface area contributed by atoms with Crippen molar-refractivity contribution < 1.29 is 9.53 Å². The lowest BCUT2D eigenvalue weighted by molar-refractivity contribution is 0.0945. The Hall–Kier alpha value is -0.930. The smallest absolute Gasteiger partial charge is 0.251 e. The van der Waals surface area contributed by atoms with Crippen LogP contribution in [0.3, 0.4) is 0 Å². The molecule has 1 N–H and O–H groups in total. The third-order valence-electron chi connectivity index (χ3n) is 3.34. The van der Waals surface area contributed by atoms with E-state index >= 15 is 0 Å². The summed E-state index contributed by atoms with van der Waals surface area (Å²) < 4.78 is 4.36. The van der Waals surface area contributed by atoms with Crippen LogP contribution < -0.4 is 10.1 Å². The van der Waals surface area contributed by atoms with Crippen molar-refractivity contribution in [3.05, 3.63) is 29.8 Å². The molecule has 5 heteroatoms. The van der Waals surface area contributed by atoms with E-state index in [-0.39, 0.29) is 11.3 Å². The van der Waals surface area contributed by atoms with Gasteiger partial charge in [0.1, 0.15) is 10.1 Å². The molecule has 1 aliphatic carbocycles. The first-order valence-corrected chi connectivity index (χ1v) is 6.44. The monoisotopic (exact) mass is 287 g/mol. The van der Waals surface area contributed by atoms with Gasteiger partial charge in [0.2, 0.25) is 0 Å². The minimum absolute atomic E-state index is 0.147. The van der Waals surface area contributed by atoms with Gasteiger partial charge in [-0.2, -0.15) is 0 Å². The number of ether oxygens (including phenoxy) is 1. The quantitative estimate of drug-likeness (QED) is 0.865. The summed E-state index contributed by atoms with van der Waals surface area (Å²) in [6, 6.07) is 7.00. The molecule has 0 radical (unpaired) electrons. The van der Waals surface area contributed by atoms with E-state index in [2.05, 4.69) is 5.32 Å². The van der Waals surface area contributed by atoms with Gasteiger partial charge in [-0.05, 0) is 24.6 Å². The summed E-state index contributed by atoms with van der Waals surface area (Å²) in [5, 5.41) is 2.84. The fourth-order valence-electron chi connectivity index (χ4n) is 1.78. The number of carbonyl (C=O) groups excluding carboxylic acids is 1. The van der Waals surface area contributed by atoms with Crippen molar-refractivity contribution in [2.24, 2.45) is 5.41 Å². The number of benzene rings is 1. The topological polar surface area (TPSA) is 38.3 Å². The predicted octanol–water partition coefficient (Wildman–Crippen LogP) is 3.01. The molecule has 1 amide bonds. The molecule has 18 heavy (non-hydrogen) atoms. The molecule has 0 heterocycles. The molecule has 1 fully saturated rings. The molecule has 98 valence electrons. The maximum atomic E-state index is 11.9. The third-order valence-corrected chi connectivity index (χ3v) is 4.52. The molecule has 0 spiro atoms. The van der Waals surface area contributed by atoms with E-state index in [9.17, 15) is 4.79 Å². The normalized spacial score (nSPS) is 24.4. The Balaban J connectivity index is 1.96. The van der Waals surface area contributed by atoms with Gasteiger partial charge < -0.3 is 10.1 Å². The number of halogens is 2. The molecular formula is C13H15Cl2NO2. The Bertz CT molecular complexity index is 476. The van der Waals surface area contributed by atoms with Crippen molar-refractivity contribution >= 4 is 29.1 Å². The summed E-state index contributed by atoms with van der Waals surface area (Å²) in [6.45, 7) is 2.43. The van der Waals surface area contributed by atoms with Gasteiger partial charge in [0.25, 0.3) is 5.91 Å². The summed E-state index contributed by atoms with van der Waals surface area (Å²) in [6.07, 6.45) is 0.696. The van der Waals surface area contributed by atoms with Crippen LogP contribution in [-0.2, 0) is 0 Å². The van der Waals surface area contributed by atoms with Crippen LogP contribution in [0.4, 0.5) is 0 Å². The Morgan fingerprint density at radius 2 is 2.17 bits per heavy atom. The highest BCUT2D eigenvalue weighted by Crippen LogP contribution is 2.63. The van der Waals surface area contributed by atoms with Crippen molar-refractivity contribution in [3.8, 4) is 5.75 Å². The number of hydrogen-bond donors (Lipinski definition) is 1. The van der Waals surface area contributed by atoms with Gasteiger partial charge in [-0.25, -0.2) is 0 Å². The molecule has 0 saturated heterocycles. The molecule has 0 aliphatic heterocycles. The number of hydrogen-bond acceptors (Lipinski definition) is 2. The second-order valence-corrected chi connectivity index (χ2v) is 6.34. The van der Waals surface area contributed by atoms with Crippen LogP contribution in [0.1, 0.15) is 23.7 Å². The molecule has 1 aromatic carbocycles. The summed E-state index contributed by atoms with van der Waals surface area (Å²) >= 11 is 12.0. The Morgan fingerprint density at radius 3 is 2.72 bits per heavy atom. The third kappa shape index (κ3) is 2.57. The van der Waals surface area contributed by atoms with Crippen molar-refractivity contribution in [1.29, 1.82) is 0 Å². The largest absolute Gasteiger partial charge is 0.497 e. The second-order valence-electron chi connectivity index (χ2n) is 4.86. The van der Waals surface area contributed by atoms with Gasteiger partial charge in [-0.3, -0.25) is 4.79 Å². The highest BCUT2D eigenvalue weighted by Gasteiger charge is 2.62. The van der Waals surface area contributed by atoms with E-state index in [1.54, 1.807) is 31.4 Å². The van der Waals surface area contributed by atoms with Crippen molar-refractivity contribution in [2.75, 3.05) is 13.7 Å². The number of alkyl halides is 2. The van der Waals surface area contributed by atoms with Gasteiger partial charge in [-0.1, -0.05) is 13.0 Å². The van der Waals surface area contributed by atoms with Gasteiger partial charge in [0.15, 0.2) is 0 Å². The molecule has 0 bridgehead atoms. The fourth-order valence-corrected chi connectivity index (χ4v) is 2.50. The van der Waals surface area contributed by atoms with Gasteiger partial charge >= 0.3 is 0 Å². The van der Waals surface area contributed by atoms with Crippen LogP contribution in [0.15, 0.2) is 24.3 Å². The number of carbonyl (C=O) groups is 1. The summed E-state index contributed by atoms with van der Waals surface area (Å²) in [7, 11) is 1.57. The minimum Gasteiger partial charge on any atom is -0.497 e. The molecule has 1 aliphatic rings. The maximum absolute atomic E-state index is 11.9.